The zero-order valence-corrected chi connectivity index (χ0v) is 12.6. The van der Waals surface area contributed by atoms with Crippen LogP contribution in [-0.4, -0.2) is 21.5 Å². The van der Waals surface area contributed by atoms with Crippen molar-refractivity contribution >= 4 is 35.3 Å². The van der Waals surface area contributed by atoms with Crippen LogP contribution >= 0.6 is 22.2 Å². The standard InChI is InChI=1S/C12H19Cl2NSi/c1-15(2)12-8-6-11(7-9-12)5-3-4-10-16(13)14/h6-9,16H,3-5,10H2,1-2H3. The van der Waals surface area contributed by atoms with E-state index in [1.54, 1.807) is 0 Å². The number of hydrogen-bond acceptors (Lipinski definition) is 1. The highest BCUT2D eigenvalue weighted by Gasteiger charge is 2.01. The van der Waals surface area contributed by atoms with Gasteiger partial charge in [-0.05, 0) is 36.6 Å². The second-order valence-electron chi connectivity index (χ2n) is 4.20. The monoisotopic (exact) mass is 275 g/mol. The molecule has 1 aromatic rings. The number of nitrogens with zero attached hydrogens (tertiary/aromatic N) is 1. The second kappa shape index (κ2) is 7.20. The van der Waals surface area contributed by atoms with Crippen molar-refractivity contribution in [2.24, 2.45) is 0 Å². The summed E-state index contributed by atoms with van der Waals surface area (Å²) in [6, 6.07) is 9.75. The first kappa shape index (κ1) is 13.9. The first-order valence-electron chi connectivity index (χ1n) is 5.64. The summed E-state index contributed by atoms with van der Waals surface area (Å²) in [4.78, 5) is 2.11. The Balaban J connectivity index is 2.32. The maximum absolute atomic E-state index is 5.81. The largest absolute Gasteiger partial charge is 0.378 e. The minimum Gasteiger partial charge on any atom is -0.378 e. The molecule has 0 unspecified atom stereocenters. The Morgan fingerprint density at radius 2 is 1.69 bits per heavy atom. The molecule has 0 saturated carbocycles. The summed E-state index contributed by atoms with van der Waals surface area (Å²) in [5, 5.41) is 0. The topological polar surface area (TPSA) is 3.24 Å². The Morgan fingerprint density at radius 1 is 1.06 bits per heavy atom. The summed E-state index contributed by atoms with van der Waals surface area (Å²) in [5.74, 6) is 0. The van der Waals surface area contributed by atoms with Crippen molar-refractivity contribution in [1.29, 1.82) is 0 Å². The summed E-state index contributed by atoms with van der Waals surface area (Å²) >= 11 is 11.6. The molecule has 1 aromatic carbocycles. The van der Waals surface area contributed by atoms with Crippen LogP contribution in [0.3, 0.4) is 0 Å². The third-order valence-electron chi connectivity index (χ3n) is 2.59. The second-order valence-corrected chi connectivity index (χ2v) is 9.39. The molecule has 4 heteroatoms. The van der Waals surface area contributed by atoms with E-state index in [9.17, 15) is 0 Å². The van der Waals surface area contributed by atoms with Crippen molar-refractivity contribution in [2.75, 3.05) is 19.0 Å². The summed E-state index contributed by atoms with van der Waals surface area (Å²) in [6.07, 6.45) is 3.46. The predicted molar refractivity (Wildman–Crippen MR) is 77.4 cm³/mol. The van der Waals surface area contributed by atoms with Gasteiger partial charge in [0.25, 0.3) is 0 Å². The van der Waals surface area contributed by atoms with Crippen LogP contribution in [0.5, 0.6) is 0 Å². The molecule has 0 amide bonds. The zero-order chi connectivity index (χ0) is 12.0. The van der Waals surface area contributed by atoms with Crippen LogP contribution in [0.4, 0.5) is 5.69 Å². The number of benzene rings is 1. The fraction of sp³-hybridized carbons (Fsp3) is 0.500. The van der Waals surface area contributed by atoms with Crippen molar-refractivity contribution < 1.29 is 0 Å². The maximum Gasteiger partial charge on any atom is 0.237 e. The van der Waals surface area contributed by atoms with Gasteiger partial charge in [-0.15, -0.1) is 0 Å². The molecule has 0 aliphatic heterocycles. The molecular formula is C12H19Cl2NSi. The van der Waals surface area contributed by atoms with E-state index < -0.39 is 7.42 Å². The Bertz CT molecular complexity index is 298. The van der Waals surface area contributed by atoms with Gasteiger partial charge in [-0.2, -0.15) is 22.2 Å². The highest BCUT2D eigenvalue weighted by Crippen LogP contribution is 2.15. The Labute approximate surface area is 109 Å². The van der Waals surface area contributed by atoms with E-state index in [2.05, 4.69) is 43.3 Å². The molecule has 0 fully saturated rings. The van der Waals surface area contributed by atoms with Gasteiger partial charge in [0.1, 0.15) is 0 Å². The van der Waals surface area contributed by atoms with E-state index in [-0.39, 0.29) is 0 Å². The fourth-order valence-corrected chi connectivity index (χ4v) is 3.11. The highest BCUT2D eigenvalue weighted by molar-refractivity contribution is 7.33. The summed E-state index contributed by atoms with van der Waals surface area (Å²) in [7, 11) is 2.73. The maximum atomic E-state index is 5.81. The van der Waals surface area contributed by atoms with Crippen molar-refractivity contribution in [3.05, 3.63) is 29.8 Å². The van der Waals surface area contributed by atoms with Crippen LogP contribution in [-0.2, 0) is 6.42 Å². The lowest BCUT2D eigenvalue weighted by atomic mass is 10.1. The molecule has 0 bridgehead atoms. The average Bonchev–Trinajstić information content (AvgIpc) is 2.25. The SMILES string of the molecule is CN(C)c1ccc(CCCC[SiH](Cl)Cl)cc1. The van der Waals surface area contributed by atoms with E-state index in [4.69, 9.17) is 22.2 Å². The van der Waals surface area contributed by atoms with Crippen molar-refractivity contribution in [1.82, 2.24) is 0 Å². The Kier molecular flexibility index (Phi) is 6.25. The molecule has 0 aromatic heterocycles. The van der Waals surface area contributed by atoms with Gasteiger partial charge in [-0.1, -0.05) is 18.6 Å². The van der Waals surface area contributed by atoms with Crippen LogP contribution in [0.2, 0.25) is 6.04 Å². The van der Waals surface area contributed by atoms with Gasteiger partial charge in [-0.3, -0.25) is 0 Å². The quantitative estimate of drug-likeness (QED) is 0.434. The molecule has 0 radical (unpaired) electrons. The molecule has 90 valence electrons. The van der Waals surface area contributed by atoms with Crippen molar-refractivity contribution in [2.45, 2.75) is 25.3 Å². The molecule has 0 N–H and O–H groups in total. The van der Waals surface area contributed by atoms with Gasteiger partial charge < -0.3 is 4.90 Å². The number of aryl methyl sites for hydroxylation is 1. The lowest BCUT2D eigenvalue weighted by molar-refractivity contribution is 0.792. The third kappa shape index (κ3) is 5.24. The molecule has 0 spiro atoms. The molecule has 16 heavy (non-hydrogen) atoms. The van der Waals surface area contributed by atoms with Crippen LogP contribution in [0.15, 0.2) is 24.3 Å². The molecule has 0 aliphatic carbocycles. The normalized spacial score (nSPS) is 10.8. The highest BCUT2D eigenvalue weighted by atomic mass is 35.7. The first-order chi connectivity index (χ1) is 7.59. The van der Waals surface area contributed by atoms with Crippen LogP contribution in [0.1, 0.15) is 18.4 Å². The number of unbranched alkanes of at least 4 members (excludes halogenated alkanes) is 1. The number of halogens is 2. The Morgan fingerprint density at radius 3 is 2.19 bits per heavy atom. The van der Waals surface area contributed by atoms with Crippen molar-refractivity contribution in [3.63, 3.8) is 0 Å². The molecular weight excluding hydrogens is 257 g/mol. The molecule has 0 atom stereocenters. The molecule has 0 aliphatic rings. The lowest BCUT2D eigenvalue weighted by Gasteiger charge is -2.12. The Hall–Kier alpha value is -0.183. The molecule has 0 heterocycles. The fourth-order valence-electron chi connectivity index (χ4n) is 1.59. The first-order valence-corrected chi connectivity index (χ1v) is 9.95. The molecule has 1 rings (SSSR count). The van der Waals surface area contributed by atoms with Gasteiger partial charge in [0.15, 0.2) is 0 Å². The summed E-state index contributed by atoms with van der Waals surface area (Å²) in [6.45, 7) is 0. The minimum absolute atomic E-state index is 1.03. The van der Waals surface area contributed by atoms with E-state index in [1.807, 2.05) is 0 Å². The number of hydrogen-bond donors (Lipinski definition) is 0. The summed E-state index contributed by atoms with van der Waals surface area (Å²) < 4.78 is 0. The lowest BCUT2D eigenvalue weighted by Crippen LogP contribution is -2.08. The molecule has 1 nitrogen and oxygen atoms in total. The smallest absolute Gasteiger partial charge is 0.237 e. The zero-order valence-electron chi connectivity index (χ0n) is 9.92. The summed E-state index contributed by atoms with van der Waals surface area (Å²) in [5.41, 5.74) is 2.64. The average molecular weight is 276 g/mol. The van der Waals surface area contributed by atoms with Gasteiger partial charge in [0.2, 0.25) is 7.42 Å². The van der Waals surface area contributed by atoms with Gasteiger partial charge in [0.05, 0.1) is 0 Å². The van der Waals surface area contributed by atoms with E-state index >= 15 is 0 Å². The van der Waals surface area contributed by atoms with Crippen LogP contribution < -0.4 is 4.90 Å². The van der Waals surface area contributed by atoms with E-state index in [0.717, 1.165) is 18.9 Å². The van der Waals surface area contributed by atoms with Crippen LogP contribution in [0, 0.1) is 0 Å². The third-order valence-corrected chi connectivity index (χ3v) is 4.74. The van der Waals surface area contributed by atoms with E-state index in [1.165, 1.54) is 17.7 Å². The van der Waals surface area contributed by atoms with Gasteiger partial charge in [-0.25, -0.2) is 0 Å². The van der Waals surface area contributed by atoms with Gasteiger partial charge >= 0.3 is 0 Å². The molecule has 0 saturated heterocycles. The number of anilines is 1. The van der Waals surface area contributed by atoms with Crippen molar-refractivity contribution in [3.8, 4) is 0 Å². The van der Waals surface area contributed by atoms with Crippen LogP contribution in [0.25, 0.3) is 0 Å². The van der Waals surface area contributed by atoms with E-state index in [0.29, 0.717) is 0 Å². The predicted octanol–water partition coefficient (Wildman–Crippen LogP) is 3.77. The number of rotatable bonds is 6. The minimum atomic E-state index is -1.38. The van der Waals surface area contributed by atoms with Gasteiger partial charge in [0, 0.05) is 19.8 Å².